The van der Waals surface area contributed by atoms with Crippen LogP contribution in [0.3, 0.4) is 0 Å². The van der Waals surface area contributed by atoms with E-state index in [1.54, 1.807) is 12.3 Å². The molecule has 1 unspecified atom stereocenters. The first-order chi connectivity index (χ1) is 8.85. The molecule has 5 heteroatoms. The maximum Gasteiger partial charge on any atom is 0.228 e. The van der Waals surface area contributed by atoms with E-state index < -0.39 is 0 Å². The molecule has 18 heavy (non-hydrogen) atoms. The largest absolute Gasteiger partial charge is 0.478 e. The number of aromatic nitrogens is 2. The number of piperidine rings is 1. The summed E-state index contributed by atoms with van der Waals surface area (Å²) in [5.74, 6) is 1.43. The first-order valence-corrected chi connectivity index (χ1v) is 6.77. The van der Waals surface area contributed by atoms with E-state index in [2.05, 4.69) is 14.9 Å². The predicted molar refractivity (Wildman–Crippen MR) is 71.9 cm³/mol. The summed E-state index contributed by atoms with van der Waals surface area (Å²) in [4.78, 5) is 11.1. The predicted octanol–water partition coefficient (Wildman–Crippen LogP) is 1.58. The average Bonchev–Trinajstić information content (AvgIpc) is 2.40. The smallest absolute Gasteiger partial charge is 0.228 e. The highest BCUT2D eigenvalue weighted by Crippen LogP contribution is 2.24. The molecule has 1 atom stereocenters. The van der Waals surface area contributed by atoms with Crippen molar-refractivity contribution < 1.29 is 4.74 Å². The van der Waals surface area contributed by atoms with Crippen LogP contribution < -0.4 is 15.4 Å². The molecular formula is C13H22N4O. The van der Waals surface area contributed by atoms with E-state index >= 15 is 0 Å². The first-order valence-electron chi connectivity index (χ1n) is 6.77. The van der Waals surface area contributed by atoms with Crippen molar-refractivity contribution in [2.24, 2.45) is 5.73 Å². The van der Waals surface area contributed by atoms with E-state index in [-0.39, 0.29) is 0 Å². The second-order valence-corrected chi connectivity index (χ2v) is 4.55. The fourth-order valence-electron chi connectivity index (χ4n) is 2.46. The van der Waals surface area contributed by atoms with Gasteiger partial charge in [-0.05, 0) is 39.2 Å². The lowest BCUT2D eigenvalue weighted by molar-refractivity contribution is 0.325. The minimum atomic E-state index is 0.473. The van der Waals surface area contributed by atoms with E-state index in [0.29, 0.717) is 25.1 Å². The van der Waals surface area contributed by atoms with Gasteiger partial charge in [-0.3, -0.25) is 0 Å². The average molecular weight is 250 g/mol. The lowest BCUT2D eigenvalue weighted by atomic mass is 10.00. The van der Waals surface area contributed by atoms with Crippen molar-refractivity contribution in [3.05, 3.63) is 12.3 Å². The zero-order valence-electron chi connectivity index (χ0n) is 11.0. The zero-order chi connectivity index (χ0) is 12.8. The van der Waals surface area contributed by atoms with Crippen LogP contribution in [0, 0.1) is 0 Å². The Hall–Kier alpha value is -1.36. The monoisotopic (exact) mass is 250 g/mol. The van der Waals surface area contributed by atoms with Crippen molar-refractivity contribution in [2.45, 2.75) is 38.6 Å². The summed E-state index contributed by atoms with van der Waals surface area (Å²) in [6.45, 7) is 4.31. The second-order valence-electron chi connectivity index (χ2n) is 4.55. The van der Waals surface area contributed by atoms with Gasteiger partial charge in [0.15, 0.2) is 0 Å². The summed E-state index contributed by atoms with van der Waals surface area (Å²) >= 11 is 0. The third-order valence-corrected chi connectivity index (χ3v) is 3.29. The van der Waals surface area contributed by atoms with Gasteiger partial charge in [0.2, 0.25) is 11.8 Å². The fraction of sp³-hybridized carbons (Fsp3) is 0.692. The Morgan fingerprint density at radius 2 is 2.39 bits per heavy atom. The van der Waals surface area contributed by atoms with Gasteiger partial charge in [0.05, 0.1) is 6.61 Å². The van der Waals surface area contributed by atoms with Gasteiger partial charge in [-0.1, -0.05) is 0 Å². The van der Waals surface area contributed by atoms with Crippen molar-refractivity contribution >= 4 is 5.95 Å². The number of anilines is 1. The van der Waals surface area contributed by atoms with E-state index in [1.807, 2.05) is 6.92 Å². The number of rotatable bonds is 5. The minimum Gasteiger partial charge on any atom is -0.478 e. The summed E-state index contributed by atoms with van der Waals surface area (Å²) in [6, 6.07) is 2.27. The van der Waals surface area contributed by atoms with Crippen LogP contribution >= 0.6 is 0 Å². The molecule has 0 saturated carbocycles. The number of hydrogen-bond donors (Lipinski definition) is 1. The fourth-order valence-corrected chi connectivity index (χ4v) is 2.46. The van der Waals surface area contributed by atoms with Gasteiger partial charge in [0.1, 0.15) is 0 Å². The molecule has 100 valence electrons. The highest BCUT2D eigenvalue weighted by molar-refractivity contribution is 5.34. The van der Waals surface area contributed by atoms with Crippen LogP contribution in [0.15, 0.2) is 12.3 Å². The Morgan fingerprint density at radius 3 is 3.17 bits per heavy atom. The molecule has 0 bridgehead atoms. The van der Waals surface area contributed by atoms with Crippen LogP contribution in [0.2, 0.25) is 0 Å². The van der Waals surface area contributed by atoms with Crippen molar-refractivity contribution in [1.82, 2.24) is 9.97 Å². The lowest BCUT2D eigenvalue weighted by Gasteiger charge is -2.35. The molecule has 1 aromatic rings. The highest BCUT2D eigenvalue weighted by atomic mass is 16.5. The summed E-state index contributed by atoms with van der Waals surface area (Å²) in [5.41, 5.74) is 5.69. The van der Waals surface area contributed by atoms with Gasteiger partial charge >= 0.3 is 0 Å². The molecule has 1 aliphatic rings. The van der Waals surface area contributed by atoms with E-state index in [0.717, 1.165) is 18.9 Å². The Morgan fingerprint density at radius 1 is 1.50 bits per heavy atom. The van der Waals surface area contributed by atoms with Crippen molar-refractivity contribution in [3.8, 4) is 5.88 Å². The molecule has 2 heterocycles. The van der Waals surface area contributed by atoms with Gasteiger partial charge in [-0.2, -0.15) is 4.98 Å². The van der Waals surface area contributed by atoms with Crippen LogP contribution in [-0.4, -0.2) is 35.7 Å². The third kappa shape index (κ3) is 3.10. The Balaban J connectivity index is 2.14. The third-order valence-electron chi connectivity index (χ3n) is 3.29. The lowest BCUT2D eigenvalue weighted by Crippen LogP contribution is -2.41. The van der Waals surface area contributed by atoms with Crippen LogP contribution in [0.4, 0.5) is 5.95 Å². The van der Waals surface area contributed by atoms with Crippen molar-refractivity contribution in [3.63, 3.8) is 0 Å². The summed E-state index contributed by atoms with van der Waals surface area (Å²) in [7, 11) is 0. The van der Waals surface area contributed by atoms with Crippen LogP contribution in [-0.2, 0) is 0 Å². The molecule has 0 spiro atoms. The van der Waals surface area contributed by atoms with Crippen LogP contribution in [0.1, 0.15) is 32.6 Å². The summed E-state index contributed by atoms with van der Waals surface area (Å²) < 4.78 is 5.43. The maximum absolute atomic E-state index is 5.69. The molecule has 1 aliphatic heterocycles. The molecule has 0 amide bonds. The Bertz CT molecular complexity index is 370. The highest BCUT2D eigenvalue weighted by Gasteiger charge is 2.24. The van der Waals surface area contributed by atoms with Crippen LogP contribution in [0.5, 0.6) is 5.88 Å². The van der Waals surface area contributed by atoms with Gasteiger partial charge in [-0.25, -0.2) is 4.98 Å². The molecule has 1 fully saturated rings. The minimum absolute atomic E-state index is 0.473. The number of ether oxygens (including phenoxy) is 1. The molecule has 0 aliphatic carbocycles. The molecule has 5 nitrogen and oxygen atoms in total. The first kappa shape index (κ1) is 13.1. The normalized spacial score (nSPS) is 19.9. The van der Waals surface area contributed by atoms with Gasteiger partial charge in [0.25, 0.3) is 0 Å². The zero-order valence-corrected chi connectivity index (χ0v) is 11.0. The van der Waals surface area contributed by atoms with Gasteiger partial charge in [0, 0.05) is 24.8 Å². The second kappa shape index (κ2) is 6.54. The molecule has 2 rings (SSSR count). The molecule has 0 radical (unpaired) electrons. The van der Waals surface area contributed by atoms with E-state index in [1.165, 1.54) is 19.3 Å². The van der Waals surface area contributed by atoms with Gasteiger partial charge < -0.3 is 15.4 Å². The topological polar surface area (TPSA) is 64.3 Å². The summed E-state index contributed by atoms with van der Waals surface area (Å²) in [6.07, 6.45) is 6.42. The molecule has 1 saturated heterocycles. The molecule has 0 aromatic carbocycles. The SMILES string of the molecule is CCOc1ccnc(N2CCCCC2CCN)n1. The Kier molecular flexibility index (Phi) is 4.75. The van der Waals surface area contributed by atoms with Crippen molar-refractivity contribution in [2.75, 3.05) is 24.6 Å². The number of nitrogens with zero attached hydrogens (tertiary/aromatic N) is 3. The quantitative estimate of drug-likeness (QED) is 0.859. The van der Waals surface area contributed by atoms with Gasteiger partial charge in [-0.15, -0.1) is 0 Å². The standard InChI is InChI=1S/C13H22N4O/c1-2-18-12-7-9-15-13(16-12)17-10-4-3-5-11(17)6-8-14/h7,9,11H,2-6,8,10,14H2,1H3. The summed E-state index contributed by atoms with van der Waals surface area (Å²) in [5, 5.41) is 0. The van der Waals surface area contributed by atoms with E-state index in [4.69, 9.17) is 10.5 Å². The number of hydrogen-bond acceptors (Lipinski definition) is 5. The molecule has 2 N–H and O–H groups in total. The van der Waals surface area contributed by atoms with Crippen molar-refractivity contribution in [1.29, 1.82) is 0 Å². The molecule has 1 aromatic heterocycles. The maximum atomic E-state index is 5.69. The van der Waals surface area contributed by atoms with E-state index in [9.17, 15) is 0 Å². The molecular weight excluding hydrogens is 228 g/mol. The van der Waals surface area contributed by atoms with Crippen LogP contribution in [0.25, 0.3) is 0 Å². The Labute approximate surface area is 108 Å². The number of nitrogens with two attached hydrogens (primary N) is 1.